The molecule has 2 heterocycles. The minimum absolute atomic E-state index is 0. The van der Waals surface area contributed by atoms with Crippen molar-refractivity contribution in [3.63, 3.8) is 0 Å². The molecule has 1 unspecified atom stereocenters. The standard InChI is InChI=1S/C17H31N5OS.ClH/c1-3-21(4-2)17-20-12-15(24-17)13-22-10-6-5-7-14(22)11-19-16(23)8-9-18;/h12,14H,3-11,13,18H2,1-2H3,(H,19,23);1H. The summed E-state index contributed by atoms with van der Waals surface area (Å²) in [5, 5.41) is 4.14. The molecule has 1 aromatic rings. The first kappa shape index (κ1) is 22.2. The highest BCUT2D eigenvalue weighted by molar-refractivity contribution is 7.15. The predicted octanol–water partition coefficient (Wildman–Crippen LogP) is 2.23. The van der Waals surface area contributed by atoms with Gasteiger partial charge in [-0.2, -0.15) is 0 Å². The van der Waals surface area contributed by atoms with Gasteiger partial charge in [0.2, 0.25) is 5.91 Å². The monoisotopic (exact) mass is 389 g/mol. The third kappa shape index (κ3) is 6.73. The molecule has 25 heavy (non-hydrogen) atoms. The number of hydrogen-bond donors (Lipinski definition) is 2. The van der Waals surface area contributed by atoms with E-state index in [-0.39, 0.29) is 18.3 Å². The number of piperidine rings is 1. The zero-order chi connectivity index (χ0) is 17.4. The number of thiazole rings is 1. The summed E-state index contributed by atoms with van der Waals surface area (Å²) in [7, 11) is 0. The zero-order valence-electron chi connectivity index (χ0n) is 15.4. The average molecular weight is 390 g/mol. The summed E-state index contributed by atoms with van der Waals surface area (Å²) < 4.78 is 0. The molecule has 0 aromatic carbocycles. The first-order chi connectivity index (χ1) is 11.7. The van der Waals surface area contributed by atoms with E-state index in [2.05, 4.69) is 33.9 Å². The summed E-state index contributed by atoms with van der Waals surface area (Å²) in [6.07, 6.45) is 6.03. The number of hydrogen-bond acceptors (Lipinski definition) is 6. The zero-order valence-corrected chi connectivity index (χ0v) is 17.0. The molecule has 0 aliphatic carbocycles. The Balaban J connectivity index is 0.00000312. The molecule has 0 saturated carbocycles. The van der Waals surface area contributed by atoms with Gasteiger partial charge in [0, 0.05) is 56.3 Å². The Morgan fingerprint density at radius 1 is 1.44 bits per heavy atom. The second kappa shape index (κ2) is 11.7. The van der Waals surface area contributed by atoms with Crippen LogP contribution in [0, 0.1) is 0 Å². The van der Waals surface area contributed by atoms with Gasteiger partial charge in [0.05, 0.1) is 0 Å². The van der Waals surface area contributed by atoms with E-state index in [1.54, 1.807) is 11.3 Å². The van der Waals surface area contributed by atoms with Crippen LogP contribution in [0.15, 0.2) is 6.20 Å². The van der Waals surface area contributed by atoms with Crippen LogP contribution in [0.5, 0.6) is 0 Å². The van der Waals surface area contributed by atoms with Crippen molar-refractivity contribution < 1.29 is 4.79 Å². The van der Waals surface area contributed by atoms with Crippen molar-refractivity contribution in [2.75, 3.05) is 37.6 Å². The molecule has 1 amide bonds. The molecule has 3 N–H and O–H groups in total. The fourth-order valence-electron chi connectivity index (χ4n) is 3.16. The van der Waals surface area contributed by atoms with Crippen molar-refractivity contribution in [3.8, 4) is 0 Å². The number of halogens is 1. The normalized spacial score (nSPS) is 17.8. The van der Waals surface area contributed by atoms with Gasteiger partial charge in [-0.25, -0.2) is 4.98 Å². The molecule has 1 fully saturated rings. The van der Waals surface area contributed by atoms with Gasteiger partial charge in [0.15, 0.2) is 5.13 Å². The van der Waals surface area contributed by atoms with E-state index in [1.165, 1.54) is 17.7 Å². The van der Waals surface area contributed by atoms with Crippen molar-refractivity contribution >= 4 is 34.8 Å². The number of anilines is 1. The van der Waals surface area contributed by atoms with Crippen LogP contribution in [-0.4, -0.2) is 54.6 Å². The van der Waals surface area contributed by atoms with Crippen molar-refractivity contribution in [3.05, 3.63) is 11.1 Å². The number of nitrogens with zero attached hydrogens (tertiary/aromatic N) is 3. The van der Waals surface area contributed by atoms with Crippen LogP contribution in [0.25, 0.3) is 0 Å². The third-order valence-electron chi connectivity index (χ3n) is 4.59. The second-order valence-electron chi connectivity index (χ2n) is 6.24. The molecular formula is C17H32ClN5OS. The Labute approximate surface area is 161 Å². The minimum atomic E-state index is 0. The van der Waals surface area contributed by atoms with Gasteiger partial charge >= 0.3 is 0 Å². The number of likely N-dealkylation sites (tertiary alicyclic amines) is 1. The molecule has 8 heteroatoms. The van der Waals surface area contributed by atoms with E-state index < -0.39 is 0 Å². The summed E-state index contributed by atoms with van der Waals surface area (Å²) in [5.41, 5.74) is 5.44. The summed E-state index contributed by atoms with van der Waals surface area (Å²) >= 11 is 1.79. The molecule has 1 aromatic heterocycles. The maximum atomic E-state index is 11.7. The molecule has 2 rings (SSSR count). The minimum Gasteiger partial charge on any atom is -0.354 e. The quantitative estimate of drug-likeness (QED) is 0.677. The van der Waals surface area contributed by atoms with E-state index in [4.69, 9.17) is 5.73 Å². The predicted molar refractivity (Wildman–Crippen MR) is 108 cm³/mol. The van der Waals surface area contributed by atoms with Crippen LogP contribution in [0.3, 0.4) is 0 Å². The molecule has 0 bridgehead atoms. The fraction of sp³-hybridized carbons (Fsp3) is 0.765. The maximum Gasteiger partial charge on any atom is 0.221 e. The highest BCUT2D eigenvalue weighted by Gasteiger charge is 2.23. The smallest absolute Gasteiger partial charge is 0.221 e. The van der Waals surface area contributed by atoms with Gasteiger partial charge in [-0.3, -0.25) is 9.69 Å². The number of nitrogens with one attached hydrogen (secondary N) is 1. The lowest BCUT2D eigenvalue weighted by Crippen LogP contribution is -2.46. The molecule has 1 aliphatic heterocycles. The molecule has 144 valence electrons. The SMILES string of the molecule is CCN(CC)c1ncc(CN2CCCCC2CNC(=O)CCN)s1.Cl. The summed E-state index contributed by atoms with van der Waals surface area (Å²) in [5.74, 6) is 0.0598. The van der Waals surface area contributed by atoms with E-state index in [9.17, 15) is 4.79 Å². The van der Waals surface area contributed by atoms with Crippen molar-refractivity contribution in [2.45, 2.75) is 52.1 Å². The van der Waals surface area contributed by atoms with Crippen molar-refractivity contribution in [2.24, 2.45) is 5.73 Å². The number of aromatic nitrogens is 1. The number of carbonyl (C=O) groups excluding carboxylic acids is 1. The van der Waals surface area contributed by atoms with Crippen LogP contribution in [0.1, 0.15) is 44.4 Å². The topological polar surface area (TPSA) is 74.5 Å². The largest absolute Gasteiger partial charge is 0.354 e. The Bertz CT molecular complexity index is 509. The van der Waals surface area contributed by atoms with Gasteiger partial charge in [0.25, 0.3) is 0 Å². The number of nitrogens with two attached hydrogens (primary N) is 1. The summed E-state index contributed by atoms with van der Waals surface area (Å²) in [6, 6.07) is 0.416. The van der Waals surface area contributed by atoms with Crippen molar-refractivity contribution in [1.29, 1.82) is 0 Å². The first-order valence-electron chi connectivity index (χ1n) is 9.08. The fourth-order valence-corrected chi connectivity index (χ4v) is 4.22. The van der Waals surface area contributed by atoms with Crippen LogP contribution < -0.4 is 16.0 Å². The molecule has 0 spiro atoms. The van der Waals surface area contributed by atoms with E-state index in [0.29, 0.717) is 19.0 Å². The number of amides is 1. The van der Waals surface area contributed by atoms with Crippen LogP contribution in [-0.2, 0) is 11.3 Å². The van der Waals surface area contributed by atoms with Gasteiger partial charge in [-0.15, -0.1) is 23.7 Å². The van der Waals surface area contributed by atoms with Crippen LogP contribution in [0.4, 0.5) is 5.13 Å². The van der Waals surface area contributed by atoms with E-state index >= 15 is 0 Å². The summed E-state index contributed by atoms with van der Waals surface area (Å²) in [6.45, 7) is 9.46. The third-order valence-corrected chi connectivity index (χ3v) is 5.63. The van der Waals surface area contributed by atoms with Gasteiger partial charge in [0.1, 0.15) is 0 Å². The lowest BCUT2D eigenvalue weighted by atomic mass is 10.0. The summed E-state index contributed by atoms with van der Waals surface area (Å²) in [4.78, 5) is 22.3. The first-order valence-corrected chi connectivity index (χ1v) is 9.90. The highest BCUT2D eigenvalue weighted by atomic mass is 35.5. The highest BCUT2D eigenvalue weighted by Crippen LogP contribution is 2.26. The molecule has 1 saturated heterocycles. The second-order valence-corrected chi connectivity index (χ2v) is 7.34. The maximum absolute atomic E-state index is 11.7. The molecular weight excluding hydrogens is 358 g/mol. The van der Waals surface area contributed by atoms with Crippen LogP contribution >= 0.6 is 23.7 Å². The molecule has 6 nitrogen and oxygen atoms in total. The van der Waals surface area contributed by atoms with E-state index in [1.807, 2.05) is 6.20 Å². The lowest BCUT2D eigenvalue weighted by molar-refractivity contribution is -0.121. The Hall–Kier alpha value is -0.890. The van der Waals surface area contributed by atoms with Gasteiger partial charge < -0.3 is 16.0 Å². The lowest BCUT2D eigenvalue weighted by Gasteiger charge is -2.35. The Morgan fingerprint density at radius 3 is 2.88 bits per heavy atom. The number of rotatable bonds is 9. The van der Waals surface area contributed by atoms with Crippen molar-refractivity contribution in [1.82, 2.24) is 15.2 Å². The molecule has 1 aliphatic rings. The van der Waals surface area contributed by atoms with Gasteiger partial charge in [-0.05, 0) is 33.2 Å². The molecule has 1 atom stereocenters. The number of carbonyl (C=O) groups is 1. The Kier molecular flexibility index (Phi) is 10.3. The molecule has 0 radical (unpaired) electrons. The Morgan fingerprint density at radius 2 is 2.20 bits per heavy atom. The van der Waals surface area contributed by atoms with Gasteiger partial charge in [-0.1, -0.05) is 6.42 Å². The average Bonchev–Trinajstić information content (AvgIpc) is 3.04. The van der Waals surface area contributed by atoms with Crippen LogP contribution in [0.2, 0.25) is 0 Å². The van der Waals surface area contributed by atoms with E-state index in [0.717, 1.165) is 44.3 Å².